The Kier molecular flexibility index (Phi) is 5.25. The van der Waals surface area contributed by atoms with E-state index in [0.29, 0.717) is 22.7 Å². The number of aryl methyl sites for hydroxylation is 1. The largest absolute Gasteiger partial charge is 0.457 e. The monoisotopic (exact) mass is 382 g/mol. The van der Waals surface area contributed by atoms with Crippen LogP contribution in [0.4, 0.5) is 5.69 Å². The fraction of sp³-hybridized carbons (Fsp3) is 0.0500. The minimum absolute atomic E-state index is 0.0792. The number of para-hydroxylation sites is 1. The Morgan fingerprint density at radius 2 is 1.67 bits per heavy atom. The Morgan fingerprint density at radius 1 is 0.963 bits per heavy atom. The summed E-state index contributed by atoms with van der Waals surface area (Å²) in [7, 11) is -3.85. The zero-order valence-corrected chi connectivity index (χ0v) is 15.4. The van der Waals surface area contributed by atoms with Crippen molar-refractivity contribution in [1.82, 2.24) is 0 Å². The van der Waals surface area contributed by atoms with Gasteiger partial charge in [-0.2, -0.15) is 0 Å². The Labute approximate surface area is 157 Å². The molecular weight excluding hydrogens is 364 g/mol. The van der Waals surface area contributed by atoms with Crippen molar-refractivity contribution in [2.45, 2.75) is 11.8 Å². The third-order valence-corrected chi connectivity index (χ3v) is 4.71. The minimum Gasteiger partial charge on any atom is -0.457 e. The fourth-order valence-corrected chi connectivity index (χ4v) is 2.99. The van der Waals surface area contributed by atoms with Crippen molar-refractivity contribution in [3.8, 4) is 11.5 Å². The first-order chi connectivity index (χ1) is 12.8. The maximum atomic E-state index is 12.7. The summed E-state index contributed by atoms with van der Waals surface area (Å²) in [5.74, 6) is 0.572. The second kappa shape index (κ2) is 7.61. The zero-order chi connectivity index (χ0) is 19.4. The Hall–Kier alpha value is -3.16. The molecular formula is C20H18N2O4S. The van der Waals surface area contributed by atoms with E-state index in [2.05, 4.69) is 5.32 Å². The number of anilines is 1. The van der Waals surface area contributed by atoms with Crippen LogP contribution in [0.25, 0.3) is 0 Å². The average Bonchev–Trinajstić information content (AvgIpc) is 2.63. The number of amides is 1. The third kappa shape index (κ3) is 4.72. The van der Waals surface area contributed by atoms with Crippen LogP contribution >= 0.6 is 0 Å². The summed E-state index contributed by atoms with van der Waals surface area (Å²) in [4.78, 5) is 12.6. The first-order valence-electron chi connectivity index (χ1n) is 8.11. The van der Waals surface area contributed by atoms with Crippen LogP contribution in [0.2, 0.25) is 0 Å². The van der Waals surface area contributed by atoms with Crippen molar-refractivity contribution in [2.75, 3.05) is 5.32 Å². The first kappa shape index (κ1) is 18.6. The molecule has 0 saturated carbocycles. The van der Waals surface area contributed by atoms with Gasteiger partial charge in [-0.3, -0.25) is 4.79 Å². The molecule has 0 radical (unpaired) electrons. The van der Waals surface area contributed by atoms with Gasteiger partial charge in [-0.15, -0.1) is 0 Å². The average molecular weight is 382 g/mol. The fourth-order valence-electron chi connectivity index (χ4n) is 2.43. The molecule has 3 aromatic rings. The van der Waals surface area contributed by atoms with Gasteiger partial charge in [-0.25, -0.2) is 13.6 Å². The summed E-state index contributed by atoms with van der Waals surface area (Å²) < 4.78 is 28.8. The van der Waals surface area contributed by atoms with Crippen molar-refractivity contribution < 1.29 is 17.9 Å². The Balaban J connectivity index is 1.84. The van der Waals surface area contributed by atoms with E-state index in [1.807, 2.05) is 31.2 Å². The van der Waals surface area contributed by atoms with E-state index in [9.17, 15) is 13.2 Å². The molecule has 1 amide bonds. The number of hydrogen-bond acceptors (Lipinski definition) is 4. The third-order valence-electron chi connectivity index (χ3n) is 3.80. The van der Waals surface area contributed by atoms with Gasteiger partial charge in [0.15, 0.2) is 0 Å². The second-order valence-corrected chi connectivity index (χ2v) is 7.50. The lowest BCUT2D eigenvalue weighted by Crippen LogP contribution is -2.15. The molecule has 0 bridgehead atoms. The van der Waals surface area contributed by atoms with Gasteiger partial charge in [0.2, 0.25) is 10.0 Å². The molecule has 3 N–H and O–H groups in total. The van der Waals surface area contributed by atoms with Crippen molar-refractivity contribution in [3.63, 3.8) is 0 Å². The molecule has 3 aromatic carbocycles. The maximum Gasteiger partial charge on any atom is 0.259 e. The van der Waals surface area contributed by atoms with Gasteiger partial charge in [0.05, 0.1) is 10.5 Å². The first-order valence-corrected chi connectivity index (χ1v) is 9.65. The lowest BCUT2D eigenvalue weighted by molar-refractivity contribution is 0.102. The SMILES string of the molecule is Cc1ccc(Oc2ccccc2C(=O)Nc2cccc(S(N)(=O)=O)c2)cc1. The van der Waals surface area contributed by atoms with Crippen LogP contribution < -0.4 is 15.2 Å². The molecule has 0 aliphatic carbocycles. The highest BCUT2D eigenvalue weighted by Gasteiger charge is 2.14. The highest BCUT2D eigenvalue weighted by Crippen LogP contribution is 2.26. The van der Waals surface area contributed by atoms with Crippen LogP contribution in [0.3, 0.4) is 0 Å². The Morgan fingerprint density at radius 3 is 2.37 bits per heavy atom. The van der Waals surface area contributed by atoms with Gasteiger partial charge >= 0.3 is 0 Å². The number of rotatable bonds is 5. The smallest absolute Gasteiger partial charge is 0.259 e. The molecule has 27 heavy (non-hydrogen) atoms. The summed E-state index contributed by atoms with van der Waals surface area (Å²) >= 11 is 0. The number of carbonyl (C=O) groups excluding carboxylic acids is 1. The summed E-state index contributed by atoms with van der Waals surface area (Å²) in [6, 6.07) is 20.0. The highest BCUT2D eigenvalue weighted by molar-refractivity contribution is 7.89. The van der Waals surface area contributed by atoms with Gasteiger partial charge in [-0.1, -0.05) is 35.9 Å². The van der Waals surface area contributed by atoms with Crippen LogP contribution in [-0.2, 0) is 10.0 Å². The summed E-state index contributed by atoms with van der Waals surface area (Å²) in [6.45, 7) is 1.97. The van der Waals surface area contributed by atoms with E-state index in [4.69, 9.17) is 9.88 Å². The molecule has 0 heterocycles. The van der Waals surface area contributed by atoms with Crippen LogP contribution in [0, 0.1) is 6.92 Å². The summed E-state index contributed by atoms with van der Waals surface area (Å²) in [5, 5.41) is 7.79. The topological polar surface area (TPSA) is 98.5 Å². The van der Waals surface area contributed by atoms with E-state index >= 15 is 0 Å². The van der Waals surface area contributed by atoms with Crippen molar-refractivity contribution >= 4 is 21.6 Å². The standard InChI is InChI=1S/C20H18N2O4S/c1-14-9-11-16(12-10-14)26-19-8-3-2-7-18(19)20(23)22-15-5-4-6-17(13-15)27(21,24)25/h2-13H,1H3,(H,22,23)(H2,21,24,25). The summed E-state index contributed by atoms with van der Waals surface area (Å²) in [6.07, 6.45) is 0. The normalized spacial score (nSPS) is 11.0. The molecule has 0 atom stereocenters. The lowest BCUT2D eigenvalue weighted by atomic mass is 10.1. The van der Waals surface area contributed by atoms with Crippen molar-refractivity contribution in [3.05, 3.63) is 83.9 Å². The van der Waals surface area contributed by atoms with Crippen LogP contribution in [-0.4, -0.2) is 14.3 Å². The zero-order valence-electron chi connectivity index (χ0n) is 14.5. The molecule has 0 aliphatic heterocycles. The molecule has 0 fully saturated rings. The molecule has 0 unspecified atom stereocenters. The van der Waals surface area contributed by atoms with Crippen LogP contribution in [0.15, 0.2) is 77.7 Å². The van der Waals surface area contributed by atoms with E-state index in [0.717, 1.165) is 5.56 Å². The number of benzene rings is 3. The van der Waals surface area contributed by atoms with Gasteiger partial charge in [0.1, 0.15) is 11.5 Å². The van der Waals surface area contributed by atoms with Crippen molar-refractivity contribution in [2.24, 2.45) is 5.14 Å². The maximum absolute atomic E-state index is 12.7. The van der Waals surface area contributed by atoms with E-state index in [-0.39, 0.29) is 4.90 Å². The number of sulfonamides is 1. The molecule has 138 valence electrons. The Bertz CT molecular complexity index is 1080. The number of ether oxygens (including phenoxy) is 1. The predicted molar refractivity (Wildman–Crippen MR) is 103 cm³/mol. The molecule has 7 heteroatoms. The number of carbonyl (C=O) groups is 1. The van der Waals surface area contributed by atoms with Crippen LogP contribution in [0.1, 0.15) is 15.9 Å². The quantitative estimate of drug-likeness (QED) is 0.703. The number of hydrogen-bond donors (Lipinski definition) is 2. The summed E-state index contributed by atoms with van der Waals surface area (Å²) in [5.41, 5.74) is 1.74. The number of primary sulfonamides is 1. The van der Waals surface area contributed by atoms with Gasteiger partial charge < -0.3 is 10.1 Å². The molecule has 0 saturated heterocycles. The van der Waals surface area contributed by atoms with E-state index in [1.54, 1.807) is 30.3 Å². The molecule has 6 nitrogen and oxygen atoms in total. The molecule has 0 aliphatic rings. The molecule has 0 spiro atoms. The second-order valence-electron chi connectivity index (χ2n) is 5.94. The number of nitrogens with one attached hydrogen (secondary N) is 1. The highest BCUT2D eigenvalue weighted by atomic mass is 32.2. The molecule has 0 aromatic heterocycles. The van der Waals surface area contributed by atoms with Gasteiger partial charge in [-0.05, 0) is 49.4 Å². The molecule has 3 rings (SSSR count). The minimum atomic E-state index is -3.85. The van der Waals surface area contributed by atoms with E-state index < -0.39 is 15.9 Å². The van der Waals surface area contributed by atoms with Crippen LogP contribution in [0.5, 0.6) is 11.5 Å². The van der Waals surface area contributed by atoms with Gasteiger partial charge in [0, 0.05) is 5.69 Å². The predicted octanol–water partition coefficient (Wildman–Crippen LogP) is 3.69. The van der Waals surface area contributed by atoms with Gasteiger partial charge in [0.25, 0.3) is 5.91 Å². The lowest BCUT2D eigenvalue weighted by Gasteiger charge is -2.12. The van der Waals surface area contributed by atoms with Crippen molar-refractivity contribution in [1.29, 1.82) is 0 Å². The number of nitrogens with two attached hydrogens (primary N) is 1. The van der Waals surface area contributed by atoms with E-state index in [1.165, 1.54) is 18.2 Å².